The number of benzene rings is 1. The third-order valence-corrected chi connectivity index (χ3v) is 3.66. The van der Waals surface area contributed by atoms with Crippen LogP contribution in [-0.2, 0) is 10.2 Å². The Kier molecular flexibility index (Phi) is 2.29. The fourth-order valence-electron chi connectivity index (χ4n) is 2.58. The maximum atomic E-state index is 10.9. The van der Waals surface area contributed by atoms with Gasteiger partial charge in [-0.15, -0.1) is 0 Å². The first-order chi connectivity index (χ1) is 7.11. The molecular formula is C13H16O2. The van der Waals surface area contributed by atoms with Crippen LogP contribution in [0.5, 0.6) is 5.75 Å². The summed E-state index contributed by atoms with van der Waals surface area (Å²) in [6.45, 7) is 4.30. The van der Waals surface area contributed by atoms with Gasteiger partial charge in [0.25, 0.3) is 0 Å². The topological polar surface area (TPSA) is 37.3 Å². The second-order valence-electron chi connectivity index (χ2n) is 4.69. The molecule has 0 aliphatic heterocycles. The summed E-state index contributed by atoms with van der Waals surface area (Å²) in [5.74, 6) is 0.889. The van der Waals surface area contributed by atoms with Crippen LogP contribution >= 0.6 is 0 Å². The van der Waals surface area contributed by atoms with E-state index in [4.69, 9.17) is 0 Å². The van der Waals surface area contributed by atoms with Crippen molar-refractivity contribution in [2.45, 2.75) is 25.7 Å². The predicted molar refractivity (Wildman–Crippen MR) is 58.8 cm³/mol. The summed E-state index contributed by atoms with van der Waals surface area (Å²) in [4.78, 5) is 10.9. The lowest BCUT2D eigenvalue weighted by Crippen LogP contribution is -2.18. The zero-order valence-corrected chi connectivity index (χ0v) is 9.10. The number of hydrogen-bond acceptors (Lipinski definition) is 2. The van der Waals surface area contributed by atoms with Crippen LogP contribution in [0, 0.1) is 11.8 Å². The van der Waals surface area contributed by atoms with Gasteiger partial charge in [0.05, 0.1) is 0 Å². The number of carbonyl (C=O) groups is 1. The van der Waals surface area contributed by atoms with Crippen molar-refractivity contribution in [3.8, 4) is 5.75 Å². The lowest BCUT2D eigenvalue weighted by atomic mass is 9.83. The number of phenolic OH excluding ortho intramolecular Hbond substituents is 1. The molecule has 0 aromatic heterocycles. The minimum absolute atomic E-state index is 0.0233. The Hall–Kier alpha value is -1.31. The van der Waals surface area contributed by atoms with E-state index in [9.17, 15) is 9.90 Å². The lowest BCUT2D eigenvalue weighted by molar-refractivity contribution is -0.109. The van der Waals surface area contributed by atoms with E-state index in [2.05, 4.69) is 13.8 Å². The van der Waals surface area contributed by atoms with Gasteiger partial charge >= 0.3 is 0 Å². The monoisotopic (exact) mass is 204 g/mol. The number of rotatable bonds is 3. The summed E-state index contributed by atoms with van der Waals surface area (Å²) < 4.78 is 0. The Labute approximate surface area is 89.9 Å². The molecule has 1 fully saturated rings. The molecule has 0 spiro atoms. The van der Waals surface area contributed by atoms with Gasteiger partial charge in [0.1, 0.15) is 12.0 Å². The quantitative estimate of drug-likeness (QED) is 0.768. The third kappa shape index (κ3) is 1.44. The summed E-state index contributed by atoms with van der Waals surface area (Å²) in [6.07, 6.45) is 2.01. The SMILES string of the molecule is CC(C)C1(c2ccc(O)cc2)CC1C=O. The highest BCUT2D eigenvalue weighted by Crippen LogP contribution is 2.58. The number of hydrogen-bond donors (Lipinski definition) is 1. The van der Waals surface area contributed by atoms with Crippen molar-refractivity contribution < 1.29 is 9.90 Å². The van der Waals surface area contributed by atoms with Crippen LogP contribution in [0.4, 0.5) is 0 Å². The molecule has 0 heterocycles. The number of phenols is 1. The molecule has 2 atom stereocenters. The van der Waals surface area contributed by atoms with Gasteiger partial charge in [0.2, 0.25) is 0 Å². The van der Waals surface area contributed by atoms with Crippen molar-refractivity contribution in [2.75, 3.05) is 0 Å². The summed E-state index contributed by atoms with van der Waals surface area (Å²) in [5, 5.41) is 9.23. The first-order valence-electron chi connectivity index (χ1n) is 5.36. The zero-order chi connectivity index (χ0) is 11.1. The highest BCUT2D eigenvalue weighted by atomic mass is 16.3. The van der Waals surface area contributed by atoms with Gasteiger partial charge in [0.15, 0.2) is 0 Å². The van der Waals surface area contributed by atoms with Crippen molar-refractivity contribution >= 4 is 6.29 Å². The Morgan fingerprint density at radius 2 is 2.00 bits per heavy atom. The first kappa shape index (κ1) is 10.2. The molecule has 2 nitrogen and oxygen atoms in total. The van der Waals surface area contributed by atoms with E-state index in [0.717, 1.165) is 12.7 Å². The molecule has 1 aliphatic rings. The molecule has 1 saturated carbocycles. The molecule has 0 bridgehead atoms. The zero-order valence-electron chi connectivity index (χ0n) is 9.10. The van der Waals surface area contributed by atoms with Crippen LogP contribution in [0.3, 0.4) is 0 Å². The number of carbonyl (C=O) groups excluding carboxylic acids is 1. The Balaban J connectivity index is 2.36. The molecule has 0 amide bonds. The van der Waals surface area contributed by atoms with Crippen LogP contribution in [0.25, 0.3) is 0 Å². The summed E-state index contributed by atoms with van der Waals surface area (Å²) in [6, 6.07) is 7.25. The minimum atomic E-state index is 0.0233. The van der Waals surface area contributed by atoms with Gasteiger partial charge in [-0.2, -0.15) is 0 Å². The van der Waals surface area contributed by atoms with E-state index in [1.54, 1.807) is 12.1 Å². The molecule has 0 saturated heterocycles. The molecule has 1 aliphatic carbocycles. The molecule has 0 radical (unpaired) electrons. The van der Waals surface area contributed by atoms with Gasteiger partial charge in [-0.05, 0) is 30.0 Å². The molecule has 15 heavy (non-hydrogen) atoms. The van der Waals surface area contributed by atoms with Gasteiger partial charge in [-0.25, -0.2) is 0 Å². The number of aromatic hydroxyl groups is 1. The maximum absolute atomic E-state index is 10.9. The largest absolute Gasteiger partial charge is 0.508 e. The fraction of sp³-hybridized carbons (Fsp3) is 0.462. The molecule has 1 aromatic rings. The maximum Gasteiger partial charge on any atom is 0.124 e. The summed E-state index contributed by atoms with van der Waals surface area (Å²) in [7, 11) is 0. The second-order valence-corrected chi connectivity index (χ2v) is 4.69. The van der Waals surface area contributed by atoms with E-state index in [1.165, 1.54) is 5.56 Å². The smallest absolute Gasteiger partial charge is 0.124 e. The van der Waals surface area contributed by atoms with Crippen molar-refractivity contribution in [3.05, 3.63) is 29.8 Å². The Morgan fingerprint density at radius 1 is 1.40 bits per heavy atom. The van der Waals surface area contributed by atoms with Crippen LogP contribution in [-0.4, -0.2) is 11.4 Å². The van der Waals surface area contributed by atoms with Gasteiger partial charge in [-0.1, -0.05) is 26.0 Å². The molecule has 80 valence electrons. The first-order valence-corrected chi connectivity index (χ1v) is 5.36. The number of aldehydes is 1. The van der Waals surface area contributed by atoms with Crippen molar-refractivity contribution in [1.29, 1.82) is 0 Å². The normalized spacial score (nSPS) is 29.1. The highest BCUT2D eigenvalue weighted by molar-refractivity contribution is 5.65. The molecule has 2 unspecified atom stereocenters. The van der Waals surface area contributed by atoms with Crippen molar-refractivity contribution in [3.63, 3.8) is 0 Å². The van der Waals surface area contributed by atoms with Crippen LogP contribution in [0.1, 0.15) is 25.8 Å². The van der Waals surface area contributed by atoms with Crippen LogP contribution in [0.2, 0.25) is 0 Å². The predicted octanol–water partition coefficient (Wildman–Crippen LogP) is 2.50. The Bertz CT molecular complexity index is 367. The molecule has 2 rings (SSSR count). The van der Waals surface area contributed by atoms with E-state index in [-0.39, 0.29) is 17.1 Å². The standard InChI is InChI=1S/C13H16O2/c1-9(2)13(7-11(13)8-14)10-3-5-12(15)6-4-10/h3-6,8-9,11,15H,7H2,1-2H3. The molecule has 2 heteroatoms. The summed E-state index contributed by atoms with van der Waals surface area (Å²) in [5.41, 5.74) is 1.20. The second kappa shape index (κ2) is 3.37. The molecular weight excluding hydrogens is 188 g/mol. The van der Waals surface area contributed by atoms with E-state index >= 15 is 0 Å². The average Bonchev–Trinajstić information content (AvgIpc) is 2.94. The van der Waals surface area contributed by atoms with Crippen molar-refractivity contribution in [1.82, 2.24) is 0 Å². The van der Waals surface area contributed by atoms with Crippen LogP contribution < -0.4 is 0 Å². The van der Waals surface area contributed by atoms with Crippen molar-refractivity contribution in [2.24, 2.45) is 11.8 Å². The summed E-state index contributed by atoms with van der Waals surface area (Å²) >= 11 is 0. The van der Waals surface area contributed by atoms with Gasteiger partial charge in [-0.3, -0.25) is 0 Å². The lowest BCUT2D eigenvalue weighted by Gasteiger charge is -2.21. The molecule has 1 N–H and O–H groups in total. The van der Waals surface area contributed by atoms with E-state index in [1.807, 2.05) is 12.1 Å². The fourth-order valence-corrected chi connectivity index (χ4v) is 2.58. The van der Waals surface area contributed by atoms with Gasteiger partial charge in [0, 0.05) is 11.3 Å². The van der Waals surface area contributed by atoms with E-state index < -0.39 is 0 Å². The average molecular weight is 204 g/mol. The van der Waals surface area contributed by atoms with Gasteiger partial charge < -0.3 is 9.90 Å². The molecule has 1 aromatic carbocycles. The Morgan fingerprint density at radius 3 is 2.40 bits per heavy atom. The van der Waals surface area contributed by atoms with E-state index in [0.29, 0.717) is 5.92 Å². The van der Waals surface area contributed by atoms with Crippen LogP contribution in [0.15, 0.2) is 24.3 Å². The minimum Gasteiger partial charge on any atom is -0.508 e. The third-order valence-electron chi connectivity index (χ3n) is 3.66. The highest BCUT2D eigenvalue weighted by Gasteiger charge is 2.56.